The van der Waals surface area contributed by atoms with Crippen LogP contribution in [0, 0.1) is 0 Å². The molecule has 2 aromatic rings. The maximum Gasteiger partial charge on any atom is 0.221 e. The van der Waals surface area contributed by atoms with Gasteiger partial charge in [0.1, 0.15) is 17.2 Å². The van der Waals surface area contributed by atoms with Gasteiger partial charge in [-0.15, -0.1) is 0 Å². The van der Waals surface area contributed by atoms with Crippen molar-refractivity contribution in [1.29, 1.82) is 0 Å². The fourth-order valence-corrected chi connectivity index (χ4v) is 2.59. The molecular weight excluding hydrogens is 332 g/mol. The molecule has 0 aromatic heterocycles. The summed E-state index contributed by atoms with van der Waals surface area (Å²) >= 11 is 0. The van der Waals surface area contributed by atoms with Crippen molar-refractivity contribution in [3.8, 4) is 17.2 Å². The number of ether oxygens (including phenoxy) is 3. The zero-order chi connectivity index (χ0) is 18.8. The SMILES string of the molecule is COc1ccc(NCCC(=O)NCCc2ccccc2OC)c(OC)c1. The Balaban J connectivity index is 1.74. The number of nitrogens with one attached hydrogen (secondary N) is 2. The summed E-state index contributed by atoms with van der Waals surface area (Å²) in [6.45, 7) is 1.09. The molecule has 6 nitrogen and oxygen atoms in total. The van der Waals surface area contributed by atoms with E-state index in [9.17, 15) is 4.79 Å². The van der Waals surface area contributed by atoms with Crippen LogP contribution < -0.4 is 24.8 Å². The first-order valence-corrected chi connectivity index (χ1v) is 8.52. The summed E-state index contributed by atoms with van der Waals surface area (Å²) < 4.78 is 15.8. The number of amides is 1. The first-order chi connectivity index (χ1) is 12.7. The fraction of sp³-hybridized carbons (Fsp3) is 0.350. The molecule has 2 N–H and O–H groups in total. The van der Waals surface area contributed by atoms with Crippen LogP contribution in [0.4, 0.5) is 5.69 Å². The van der Waals surface area contributed by atoms with Gasteiger partial charge in [0, 0.05) is 25.6 Å². The van der Waals surface area contributed by atoms with E-state index in [-0.39, 0.29) is 5.91 Å². The summed E-state index contributed by atoms with van der Waals surface area (Å²) in [5.41, 5.74) is 1.91. The predicted octanol–water partition coefficient (Wildman–Crippen LogP) is 2.87. The third kappa shape index (κ3) is 5.58. The Kier molecular flexibility index (Phi) is 7.61. The molecule has 0 radical (unpaired) electrons. The Labute approximate surface area is 154 Å². The van der Waals surface area contributed by atoms with E-state index in [0.29, 0.717) is 25.3 Å². The van der Waals surface area contributed by atoms with E-state index in [1.165, 1.54) is 0 Å². The van der Waals surface area contributed by atoms with Gasteiger partial charge < -0.3 is 24.8 Å². The standard InChI is InChI=1S/C20H26N2O4/c1-24-16-8-9-17(19(14-16)26-3)21-13-11-20(23)22-12-10-15-6-4-5-7-18(15)25-2/h4-9,14,21H,10-13H2,1-3H3,(H,22,23). The summed E-state index contributed by atoms with van der Waals surface area (Å²) in [4.78, 5) is 12.0. The van der Waals surface area contributed by atoms with Crippen molar-refractivity contribution in [1.82, 2.24) is 5.32 Å². The Morgan fingerprint density at radius 1 is 0.923 bits per heavy atom. The largest absolute Gasteiger partial charge is 0.497 e. The molecule has 0 bridgehead atoms. The second kappa shape index (κ2) is 10.2. The molecule has 2 aromatic carbocycles. The number of hydrogen-bond donors (Lipinski definition) is 2. The Hall–Kier alpha value is -2.89. The molecule has 2 rings (SSSR count). The zero-order valence-corrected chi connectivity index (χ0v) is 15.5. The lowest BCUT2D eigenvalue weighted by Crippen LogP contribution is -2.27. The van der Waals surface area contributed by atoms with Crippen molar-refractivity contribution in [2.75, 3.05) is 39.7 Å². The summed E-state index contributed by atoms with van der Waals surface area (Å²) in [6, 6.07) is 13.3. The molecule has 1 amide bonds. The number of methoxy groups -OCH3 is 3. The number of rotatable bonds is 10. The number of carbonyl (C=O) groups excluding carboxylic acids is 1. The second-order valence-electron chi connectivity index (χ2n) is 5.65. The van der Waals surface area contributed by atoms with Crippen molar-refractivity contribution in [2.45, 2.75) is 12.8 Å². The van der Waals surface area contributed by atoms with Crippen LogP contribution in [0.25, 0.3) is 0 Å². The van der Waals surface area contributed by atoms with Gasteiger partial charge in [-0.05, 0) is 30.2 Å². The van der Waals surface area contributed by atoms with Crippen LogP contribution in [0.3, 0.4) is 0 Å². The van der Waals surface area contributed by atoms with Crippen LogP contribution in [0.1, 0.15) is 12.0 Å². The van der Waals surface area contributed by atoms with E-state index < -0.39 is 0 Å². The highest BCUT2D eigenvalue weighted by Crippen LogP contribution is 2.28. The van der Waals surface area contributed by atoms with Crippen LogP contribution in [-0.2, 0) is 11.2 Å². The summed E-state index contributed by atoms with van der Waals surface area (Å²) in [7, 11) is 4.86. The van der Waals surface area contributed by atoms with Crippen molar-refractivity contribution in [3.05, 3.63) is 48.0 Å². The Morgan fingerprint density at radius 2 is 1.69 bits per heavy atom. The number of anilines is 1. The van der Waals surface area contributed by atoms with Gasteiger partial charge in [-0.1, -0.05) is 18.2 Å². The second-order valence-corrected chi connectivity index (χ2v) is 5.65. The van der Waals surface area contributed by atoms with E-state index in [4.69, 9.17) is 14.2 Å². The van der Waals surface area contributed by atoms with Gasteiger partial charge in [0.25, 0.3) is 0 Å². The monoisotopic (exact) mass is 358 g/mol. The van der Waals surface area contributed by atoms with Gasteiger partial charge in [-0.25, -0.2) is 0 Å². The van der Waals surface area contributed by atoms with Gasteiger partial charge in [0.2, 0.25) is 5.91 Å². The minimum Gasteiger partial charge on any atom is -0.497 e. The Bertz CT molecular complexity index is 719. The lowest BCUT2D eigenvalue weighted by molar-refractivity contribution is -0.120. The average Bonchev–Trinajstić information content (AvgIpc) is 2.68. The van der Waals surface area contributed by atoms with Gasteiger partial charge >= 0.3 is 0 Å². The first kappa shape index (κ1) is 19.4. The molecule has 0 saturated carbocycles. The van der Waals surface area contributed by atoms with Crippen LogP contribution in [0.15, 0.2) is 42.5 Å². The topological polar surface area (TPSA) is 68.8 Å². The molecule has 0 atom stereocenters. The lowest BCUT2D eigenvalue weighted by Gasteiger charge is -2.12. The number of hydrogen-bond acceptors (Lipinski definition) is 5. The van der Waals surface area contributed by atoms with Gasteiger partial charge in [0.15, 0.2) is 0 Å². The molecule has 0 heterocycles. The zero-order valence-electron chi connectivity index (χ0n) is 15.5. The Morgan fingerprint density at radius 3 is 2.42 bits per heavy atom. The summed E-state index contributed by atoms with van der Waals surface area (Å²) in [5, 5.41) is 6.14. The van der Waals surface area contributed by atoms with Gasteiger partial charge in [-0.2, -0.15) is 0 Å². The third-order valence-electron chi connectivity index (χ3n) is 3.99. The summed E-state index contributed by atoms with van der Waals surface area (Å²) in [5.74, 6) is 2.25. The molecule has 0 saturated heterocycles. The molecule has 0 aliphatic carbocycles. The number of para-hydroxylation sites is 1. The molecule has 6 heteroatoms. The maximum absolute atomic E-state index is 12.0. The average molecular weight is 358 g/mol. The van der Waals surface area contributed by atoms with Crippen molar-refractivity contribution >= 4 is 11.6 Å². The van der Waals surface area contributed by atoms with E-state index >= 15 is 0 Å². The predicted molar refractivity (Wildman–Crippen MR) is 102 cm³/mol. The normalized spacial score (nSPS) is 10.1. The molecule has 0 fully saturated rings. The van der Waals surface area contributed by atoms with Crippen LogP contribution in [0.5, 0.6) is 17.2 Å². The molecule has 0 unspecified atom stereocenters. The van der Waals surface area contributed by atoms with Crippen molar-refractivity contribution in [2.24, 2.45) is 0 Å². The molecule has 26 heavy (non-hydrogen) atoms. The number of benzene rings is 2. The first-order valence-electron chi connectivity index (χ1n) is 8.52. The van der Waals surface area contributed by atoms with E-state index in [1.54, 1.807) is 27.4 Å². The molecule has 0 aliphatic heterocycles. The van der Waals surface area contributed by atoms with Crippen molar-refractivity contribution < 1.29 is 19.0 Å². The molecular formula is C20H26N2O4. The highest BCUT2D eigenvalue weighted by atomic mass is 16.5. The van der Waals surface area contributed by atoms with E-state index in [2.05, 4.69) is 10.6 Å². The third-order valence-corrected chi connectivity index (χ3v) is 3.99. The lowest BCUT2D eigenvalue weighted by atomic mass is 10.1. The molecule has 0 aliphatic rings. The highest BCUT2D eigenvalue weighted by molar-refractivity contribution is 5.76. The summed E-state index contributed by atoms with van der Waals surface area (Å²) in [6.07, 6.45) is 1.11. The molecule has 0 spiro atoms. The van der Waals surface area contributed by atoms with Gasteiger partial charge in [-0.3, -0.25) is 4.79 Å². The number of carbonyl (C=O) groups is 1. The van der Waals surface area contributed by atoms with Crippen molar-refractivity contribution in [3.63, 3.8) is 0 Å². The van der Waals surface area contributed by atoms with Crippen LogP contribution >= 0.6 is 0 Å². The van der Waals surface area contributed by atoms with Gasteiger partial charge in [0.05, 0.1) is 27.0 Å². The minimum atomic E-state index is -0.000114. The van der Waals surface area contributed by atoms with Crippen LogP contribution in [0.2, 0.25) is 0 Å². The van der Waals surface area contributed by atoms with Crippen LogP contribution in [-0.4, -0.2) is 40.3 Å². The maximum atomic E-state index is 12.0. The smallest absolute Gasteiger partial charge is 0.221 e. The molecule has 140 valence electrons. The van der Waals surface area contributed by atoms with E-state index in [0.717, 1.165) is 29.2 Å². The fourth-order valence-electron chi connectivity index (χ4n) is 2.59. The highest BCUT2D eigenvalue weighted by Gasteiger charge is 2.07. The van der Waals surface area contributed by atoms with E-state index in [1.807, 2.05) is 36.4 Å². The quantitative estimate of drug-likeness (QED) is 0.683. The minimum absolute atomic E-state index is 0.000114.